The van der Waals surface area contributed by atoms with Gasteiger partial charge in [-0.05, 0) is 13.8 Å². The van der Waals surface area contributed by atoms with Crippen molar-refractivity contribution in [1.29, 1.82) is 0 Å². The second-order valence-corrected chi connectivity index (χ2v) is 5.32. The Kier molecular flexibility index (Phi) is 9.29. The minimum atomic E-state index is 0. The first-order valence-corrected chi connectivity index (χ1v) is 6.96. The number of fused-ring (bicyclic) bond motifs is 2. The Morgan fingerprint density at radius 3 is 1.39 bits per heavy atom. The molecule has 4 aromatic rings. The fraction of sp³-hybridized carbons (Fsp3) is 0.100. The van der Waals surface area contributed by atoms with Gasteiger partial charge in [0.2, 0.25) is 0 Å². The predicted octanol–water partition coefficient (Wildman–Crippen LogP) is -0.260. The van der Waals surface area contributed by atoms with E-state index < -0.39 is 0 Å². The Hall–Kier alpha value is -1.23. The Bertz CT molecular complexity index is 771. The molecule has 0 unspecified atom stereocenters. The summed E-state index contributed by atoms with van der Waals surface area (Å²) >= 11 is 0. The molecule has 0 fully saturated rings. The zero-order valence-electron chi connectivity index (χ0n) is 13.1. The van der Waals surface area contributed by atoms with Crippen molar-refractivity contribution in [3.63, 3.8) is 0 Å². The first-order chi connectivity index (χ1) is 9.72. The molecule has 0 aliphatic carbocycles. The molecule has 0 saturated heterocycles. The molecular formula is C20H18Cl2Cr. The number of hydrogen-bond acceptors (Lipinski definition) is 0. The van der Waals surface area contributed by atoms with Crippen LogP contribution in [0.5, 0.6) is 0 Å². The molecule has 0 radical (unpaired) electrons. The molecule has 0 amide bonds. The van der Waals surface area contributed by atoms with Crippen molar-refractivity contribution in [2.24, 2.45) is 0 Å². The Morgan fingerprint density at radius 1 is 0.609 bits per heavy atom. The van der Waals surface area contributed by atoms with Gasteiger partial charge in [0.1, 0.15) is 0 Å². The van der Waals surface area contributed by atoms with Crippen molar-refractivity contribution in [3.05, 3.63) is 83.9 Å². The molecule has 0 aromatic heterocycles. The Morgan fingerprint density at radius 2 is 1.00 bits per heavy atom. The summed E-state index contributed by atoms with van der Waals surface area (Å²) in [6.07, 6.45) is 0. The normalized spacial score (nSPS) is 9.13. The van der Waals surface area contributed by atoms with Crippen LogP contribution in [-0.2, 0) is 17.4 Å². The summed E-state index contributed by atoms with van der Waals surface area (Å²) in [7, 11) is 0. The van der Waals surface area contributed by atoms with Gasteiger partial charge in [0.05, 0.1) is 0 Å². The summed E-state index contributed by atoms with van der Waals surface area (Å²) in [5.74, 6) is 0. The molecule has 3 heteroatoms. The fourth-order valence-electron chi connectivity index (χ4n) is 2.49. The van der Waals surface area contributed by atoms with Crippen molar-refractivity contribution in [2.75, 3.05) is 0 Å². The van der Waals surface area contributed by atoms with E-state index in [1.54, 1.807) is 0 Å². The van der Waals surface area contributed by atoms with Crippen LogP contribution in [0.1, 0.15) is 11.1 Å². The molecule has 4 aromatic carbocycles. The summed E-state index contributed by atoms with van der Waals surface area (Å²) < 4.78 is 0. The summed E-state index contributed by atoms with van der Waals surface area (Å²) in [6, 6.07) is 25.7. The van der Waals surface area contributed by atoms with Crippen LogP contribution >= 0.6 is 0 Å². The fourth-order valence-corrected chi connectivity index (χ4v) is 2.49. The van der Waals surface area contributed by atoms with E-state index in [0.717, 1.165) is 0 Å². The molecule has 0 spiro atoms. The van der Waals surface area contributed by atoms with E-state index in [9.17, 15) is 0 Å². The number of halogens is 2. The minimum absolute atomic E-state index is 0. The van der Waals surface area contributed by atoms with E-state index in [1.807, 2.05) is 0 Å². The molecule has 0 aliphatic rings. The standard InChI is InChI=1S/2C10H9.2ClH.Cr/c2*1-8-5-6-9-3-2-4-10(9)7-8;;;/h2*2-7H,1H3;2*1H;/q2*-1;;;+4/p-2. The number of hydrogen-bond donors (Lipinski definition) is 0. The maximum absolute atomic E-state index is 2.20. The van der Waals surface area contributed by atoms with Gasteiger partial charge in [-0.15, -0.1) is 59.3 Å². The molecule has 0 N–H and O–H groups in total. The zero-order chi connectivity index (χ0) is 13.9. The largest absolute Gasteiger partial charge is 4.00 e. The van der Waals surface area contributed by atoms with Gasteiger partial charge in [0.25, 0.3) is 0 Å². The van der Waals surface area contributed by atoms with E-state index in [1.165, 1.54) is 32.7 Å². The molecule has 0 atom stereocenters. The second kappa shape index (κ2) is 9.81. The predicted molar refractivity (Wildman–Crippen MR) is 88.6 cm³/mol. The van der Waals surface area contributed by atoms with E-state index in [4.69, 9.17) is 0 Å². The zero-order valence-corrected chi connectivity index (χ0v) is 15.9. The van der Waals surface area contributed by atoms with E-state index >= 15 is 0 Å². The van der Waals surface area contributed by atoms with Gasteiger partial charge >= 0.3 is 17.4 Å². The molecule has 0 bridgehead atoms. The number of aryl methyl sites for hydroxylation is 2. The first-order valence-electron chi connectivity index (χ1n) is 6.96. The van der Waals surface area contributed by atoms with E-state index in [2.05, 4.69) is 86.6 Å². The maximum atomic E-state index is 2.20. The molecule has 0 aliphatic heterocycles. The Labute approximate surface area is 161 Å². The van der Waals surface area contributed by atoms with Gasteiger partial charge in [-0.25, -0.2) is 0 Å². The van der Waals surface area contributed by atoms with E-state index in [-0.39, 0.29) is 42.2 Å². The third-order valence-electron chi connectivity index (χ3n) is 3.59. The van der Waals surface area contributed by atoms with Crippen LogP contribution in [0.2, 0.25) is 0 Å². The molecule has 118 valence electrons. The minimum Gasteiger partial charge on any atom is -1.00 e. The topological polar surface area (TPSA) is 0 Å². The van der Waals surface area contributed by atoms with Crippen molar-refractivity contribution >= 4 is 21.5 Å². The molecule has 23 heavy (non-hydrogen) atoms. The smallest absolute Gasteiger partial charge is 1.00 e. The molecule has 0 saturated carbocycles. The van der Waals surface area contributed by atoms with Crippen LogP contribution in [0, 0.1) is 13.8 Å². The molecule has 0 heterocycles. The van der Waals surface area contributed by atoms with Gasteiger partial charge in [-0.3, -0.25) is 0 Å². The van der Waals surface area contributed by atoms with Crippen LogP contribution in [0.4, 0.5) is 0 Å². The average molecular weight is 381 g/mol. The Balaban J connectivity index is 0.000000372. The third kappa shape index (κ3) is 5.41. The van der Waals surface area contributed by atoms with Crippen molar-refractivity contribution in [3.8, 4) is 0 Å². The van der Waals surface area contributed by atoms with Crippen molar-refractivity contribution < 1.29 is 42.2 Å². The van der Waals surface area contributed by atoms with Crippen LogP contribution in [0.25, 0.3) is 21.5 Å². The van der Waals surface area contributed by atoms with Gasteiger partial charge in [-0.2, -0.15) is 35.0 Å². The molecule has 0 nitrogen and oxygen atoms in total. The van der Waals surface area contributed by atoms with Crippen LogP contribution < -0.4 is 24.8 Å². The summed E-state index contributed by atoms with van der Waals surface area (Å²) in [4.78, 5) is 0. The quantitative estimate of drug-likeness (QED) is 0.369. The summed E-state index contributed by atoms with van der Waals surface area (Å²) in [5.41, 5.74) is 2.66. The van der Waals surface area contributed by atoms with Crippen LogP contribution in [0.15, 0.2) is 72.8 Å². The third-order valence-corrected chi connectivity index (χ3v) is 3.59. The molecular weight excluding hydrogens is 363 g/mol. The van der Waals surface area contributed by atoms with Crippen LogP contribution in [-0.4, -0.2) is 0 Å². The summed E-state index contributed by atoms with van der Waals surface area (Å²) in [6.45, 7) is 4.24. The summed E-state index contributed by atoms with van der Waals surface area (Å²) in [5, 5.41) is 5.37. The van der Waals surface area contributed by atoms with Gasteiger partial charge in [0, 0.05) is 0 Å². The molecule has 4 rings (SSSR count). The first kappa shape index (κ1) is 21.8. The number of benzene rings is 2. The van der Waals surface area contributed by atoms with Crippen molar-refractivity contribution in [2.45, 2.75) is 13.8 Å². The maximum Gasteiger partial charge on any atom is 4.00 e. The number of rotatable bonds is 0. The van der Waals surface area contributed by atoms with Crippen molar-refractivity contribution in [1.82, 2.24) is 0 Å². The SMILES string of the molecule is Cc1ccc2[cH-]ccc2c1.Cc1ccc2[cH-]ccc2c1.[Cl-].[Cl-].[Cr+4]. The van der Waals surface area contributed by atoms with Gasteiger partial charge < -0.3 is 24.8 Å². The van der Waals surface area contributed by atoms with Gasteiger partial charge in [-0.1, -0.05) is 11.1 Å². The average Bonchev–Trinajstić information content (AvgIpc) is 3.06. The monoisotopic (exact) mass is 380 g/mol. The van der Waals surface area contributed by atoms with E-state index in [0.29, 0.717) is 0 Å². The second-order valence-electron chi connectivity index (χ2n) is 5.32. The van der Waals surface area contributed by atoms with Gasteiger partial charge in [0.15, 0.2) is 0 Å². The van der Waals surface area contributed by atoms with Crippen LogP contribution in [0.3, 0.4) is 0 Å².